The Morgan fingerprint density at radius 1 is 1.22 bits per heavy atom. The Kier molecular flexibility index (Phi) is 6.98. The van der Waals surface area contributed by atoms with Gasteiger partial charge in [-0.1, -0.05) is 31.5 Å². The van der Waals surface area contributed by atoms with Crippen molar-refractivity contribution in [1.82, 2.24) is 4.31 Å². The average molecular weight is 269 g/mol. The third-order valence-electron chi connectivity index (χ3n) is 2.65. The highest BCUT2D eigenvalue weighted by Gasteiger charge is 2.09. The standard InChI is InChI=1S/C14H23NO2S/c1-4-12-18(16)15(5-2)10-11-17-14-8-6-13(3)7-9-14/h6-9H,4-5,10-12H2,1-3H3. The molecule has 1 unspecified atom stereocenters. The van der Waals surface area contributed by atoms with Crippen LogP contribution in [0.5, 0.6) is 5.75 Å². The van der Waals surface area contributed by atoms with Crippen LogP contribution in [0, 0.1) is 6.92 Å². The fourth-order valence-corrected chi connectivity index (χ4v) is 2.78. The number of ether oxygens (including phenoxy) is 1. The van der Waals surface area contributed by atoms with Crippen LogP contribution in [-0.4, -0.2) is 34.0 Å². The topological polar surface area (TPSA) is 29.5 Å². The fraction of sp³-hybridized carbons (Fsp3) is 0.571. The van der Waals surface area contributed by atoms with E-state index >= 15 is 0 Å². The van der Waals surface area contributed by atoms with Gasteiger partial charge in [-0.25, -0.2) is 8.51 Å². The molecule has 0 spiro atoms. The molecule has 0 bridgehead atoms. The molecule has 0 aromatic heterocycles. The minimum absolute atomic E-state index is 0.576. The second kappa shape index (κ2) is 8.27. The zero-order valence-corrected chi connectivity index (χ0v) is 12.3. The van der Waals surface area contributed by atoms with Gasteiger partial charge in [-0.2, -0.15) is 0 Å². The third-order valence-corrected chi connectivity index (χ3v) is 4.42. The maximum Gasteiger partial charge on any atom is 0.119 e. The van der Waals surface area contributed by atoms with Gasteiger partial charge in [0.1, 0.15) is 12.4 Å². The van der Waals surface area contributed by atoms with Crippen LogP contribution in [0.25, 0.3) is 0 Å². The van der Waals surface area contributed by atoms with Gasteiger partial charge < -0.3 is 4.74 Å². The van der Waals surface area contributed by atoms with Gasteiger partial charge in [0.25, 0.3) is 0 Å². The molecule has 0 radical (unpaired) electrons. The van der Waals surface area contributed by atoms with Crippen molar-refractivity contribution in [2.24, 2.45) is 0 Å². The molecular weight excluding hydrogens is 246 g/mol. The summed E-state index contributed by atoms with van der Waals surface area (Å²) in [6.07, 6.45) is 0.946. The molecule has 102 valence electrons. The molecule has 0 aliphatic carbocycles. The van der Waals surface area contributed by atoms with E-state index in [4.69, 9.17) is 4.74 Å². The Morgan fingerprint density at radius 3 is 2.44 bits per heavy atom. The van der Waals surface area contributed by atoms with Crippen molar-refractivity contribution in [2.45, 2.75) is 27.2 Å². The predicted octanol–water partition coefficient (Wildman–Crippen LogP) is 2.77. The monoisotopic (exact) mass is 269 g/mol. The van der Waals surface area contributed by atoms with Gasteiger partial charge in [-0.3, -0.25) is 0 Å². The van der Waals surface area contributed by atoms with Gasteiger partial charge in [0.05, 0.1) is 11.0 Å². The molecule has 18 heavy (non-hydrogen) atoms. The van der Waals surface area contributed by atoms with E-state index < -0.39 is 11.0 Å². The van der Waals surface area contributed by atoms with Crippen molar-refractivity contribution in [1.29, 1.82) is 0 Å². The number of likely N-dealkylation sites (N-methyl/N-ethyl adjacent to an activating group) is 1. The van der Waals surface area contributed by atoms with Crippen molar-refractivity contribution in [3.05, 3.63) is 29.8 Å². The molecule has 3 nitrogen and oxygen atoms in total. The minimum atomic E-state index is -0.866. The normalized spacial score (nSPS) is 12.7. The molecular formula is C14H23NO2S. The first-order valence-corrected chi connectivity index (χ1v) is 7.77. The van der Waals surface area contributed by atoms with Gasteiger partial charge in [-0.15, -0.1) is 0 Å². The number of hydrogen-bond acceptors (Lipinski definition) is 2. The second-order valence-corrected chi connectivity index (χ2v) is 5.78. The molecule has 1 atom stereocenters. The first kappa shape index (κ1) is 15.2. The molecule has 4 heteroatoms. The van der Waals surface area contributed by atoms with Gasteiger partial charge >= 0.3 is 0 Å². The van der Waals surface area contributed by atoms with E-state index in [1.165, 1.54) is 5.56 Å². The summed E-state index contributed by atoms with van der Waals surface area (Å²) in [6.45, 7) is 8.21. The van der Waals surface area contributed by atoms with Crippen molar-refractivity contribution < 1.29 is 8.95 Å². The Labute approximate surface area is 113 Å². The predicted molar refractivity (Wildman–Crippen MR) is 77.2 cm³/mol. The van der Waals surface area contributed by atoms with E-state index in [0.29, 0.717) is 13.2 Å². The lowest BCUT2D eigenvalue weighted by molar-refractivity contribution is 0.281. The number of benzene rings is 1. The molecule has 1 aromatic rings. The zero-order valence-electron chi connectivity index (χ0n) is 11.5. The number of aryl methyl sites for hydroxylation is 1. The van der Waals surface area contributed by atoms with Crippen LogP contribution >= 0.6 is 0 Å². The van der Waals surface area contributed by atoms with Crippen molar-refractivity contribution in [3.8, 4) is 5.75 Å². The van der Waals surface area contributed by atoms with Crippen molar-refractivity contribution in [2.75, 3.05) is 25.4 Å². The summed E-state index contributed by atoms with van der Waals surface area (Å²) in [5.74, 6) is 1.61. The summed E-state index contributed by atoms with van der Waals surface area (Å²) in [6, 6.07) is 7.99. The smallest absolute Gasteiger partial charge is 0.119 e. The molecule has 0 aliphatic heterocycles. The van der Waals surface area contributed by atoms with Gasteiger partial charge in [0.15, 0.2) is 0 Å². The van der Waals surface area contributed by atoms with E-state index in [-0.39, 0.29) is 0 Å². The Morgan fingerprint density at radius 2 is 1.89 bits per heavy atom. The van der Waals surface area contributed by atoms with E-state index in [1.807, 2.05) is 35.5 Å². The molecule has 0 saturated heterocycles. The van der Waals surface area contributed by atoms with Crippen molar-refractivity contribution in [3.63, 3.8) is 0 Å². The fourth-order valence-electron chi connectivity index (χ4n) is 1.61. The average Bonchev–Trinajstić information content (AvgIpc) is 2.37. The molecule has 1 rings (SSSR count). The van der Waals surface area contributed by atoms with Crippen LogP contribution in [0.2, 0.25) is 0 Å². The maximum absolute atomic E-state index is 11.8. The summed E-state index contributed by atoms with van der Waals surface area (Å²) in [7, 11) is -0.866. The lowest BCUT2D eigenvalue weighted by Gasteiger charge is -2.19. The lowest BCUT2D eigenvalue weighted by Crippen LogP contribution is -2.31. The highest BCUT2D eigenvalue weighted by atomic mass is 32.2. The van der Waals surface area contributed by atoms with Crippen LogP contribution in [0.1, 0.15) is 25.8 Å². The van der Waals surface area contributed by atoms with E-state index in [2.05, 4.69) is 13.8 Å². The Balaban J connectivity index is 2.35. The highest BCUT2D eigenvalue weighted by Crippen LogP contribution is 2.11. The molecule has 0 N–H and O–H groups in total. The minimum Gasteiger partial charge on any atom is -0.492 e. The van der Waals surface area contributed by atoms with Crippen LogP contribution in [-0.2, 0) is 11.0 Å². The van der Waals surface area contributed by atoms with Crippen LogP contribution in [0.3, 0.4) is 0 Å². The summed E-state index contributed by atoms with van der Waals surface area (Å²) in [5.41, 5.74) is 1.22. The Hall–Kier alpha value is -0.870. The molecule has 0 fully saturated rings. The summed E-state index contributed by atoms with van der Waals surface area (Å²) >= 11 is 0. The molecule has 0 amide bonds. The first-order chi connectivity index (χ1) is 8.67. The van der Waals surface area contributed by atoms with Gasteiger partial charge in [0, 0.05) is 18.8 Å². The SMILES string of the molecule is CCCS(=O)N(CC)CCOc1ccc(C)cc1. The zero-order chi connectivity index (χ0) is 13.4. The maximum atomic E-state index is 11.8. The summed E-state index contributed by atoms with van der Waals surface area (Å²) < 4.78 is 19.4. The molecule has 1 aromatic carbocycles. The van der Waals surface area contributed by atoms with Crippen LogP contribution < -0.4 is 4.74 Å². The van der Waals surface area contributed by atoms with Crippen LogP contribution in [0.4, 0.5) is 0 Å². The van der Waals surface area contributed by atoms with Gasteiger partial charge in [0.2, 0.25) is 0 Å². The summed E-state index contributed by atoms with van der Waals surface area (Å²) in [5, 5.41) is 0. The van der Waals surface area contributed by atoms with E-state index in [1.54, 1.807) is 0 Å². The third kappa shape index (κ3) is 5.19. The van der Waals surface area contributed by atoms with E-state index in [9.17, 15) is 4.21 Å². The Bertz CT molecular complexity index is 365. The largest absolute Gasteiger partial charge is 0.492 e. The van der Waals surface area contributed by atoms with Gasteiger partial charge in [-0.05, 0) is 25.5 Å². The number of hydrogen-bond donors (Lipinski definition) is 0. The quantitative estimate of drug-likeness (QED) is 0.726. The molecule has 0 heterocycles. The van der Waals surface area contributed by atoms with Crippen LogP contribution in [0.15, 0.2) is 24.3 Å². The van der Waals surface area contributed by atoms with E-state index in [0.717, 1.165) is 24.5 Å². The number of nitrogens with zero attached hydrogens (tertiary/aromatic N) is 1. The lowest BCUT2D eigenvalue weighted by atomic mass is 10.2. The summed E-state index contributed by atoms with van der Waals surface area (Å²) in [4.78, 5) is 0. The number of rotatable bonds is 8. The molecule has 0 saturated carbocycles. The van der Waals surface area contributed by atoms with Crippen molar-refractivity contribution >= 4 is 11.0 Å². The molecule has 0 aliphatic rings. The second-order valence-electron chi connectivity index (χ2n) is 4.21. The highest BCUT2D eigenvalue weighted by molar-refractivity contribution is 7.82. The first-order valence-electron chi connectivity index (χ1n) is 6.50.